The zero-order valence-corrected chi connectivity index (χ0v) is 16.1. The smallest absolute Gasteiger partial charge is 0.253 e. The van der Waals surface area contributed by atoms with Crippen LogP contribution < -0.4 is 5.32 Å². The molecule has 1 aromatic rings. The van der Waals surface area contributed by atoms with E-state index in [1.54, 1.807) is 11.8 Å². The van der Waals surface area contributed by atoms with Crippen LogP contribution in [0.15, 0.2) is 29.8 Å². The molecule has 1 saturated carbocycles. The lowest BCUT2D eigenvalue weighted by Gasteiger charge is -2.39. The van der Waals surface area contributed by atoms with E-state index in [1.165, 1.54) is 37.6 Å². The molecule has 2 fully saturated rings. The lowest BCUT2D eigenvalue weighted by atomic mass is 10.0. The summed E-state index contributed by atoms with van der Waals surface area (Å²) in [5.41, 5.74) is 0.259. The van der Waals surface area contributed by atoms with Gasteiger partial charge in [0, 0.05) is 37.4 Å². The van der Waals surface area contributed by atoms with Gasteiger partial charge in [0.05, 0.1) is 5.02 Å². The Morgan fingerprint density at radius 3 is 2.73 bits per heavy atom. The molecule has 1 aromatic carbocycles. The van der Waals surface area contributed by atoms with Gasteiger partial charge in [-0.15, -0.1) is 0 Å². The maximum atomic E-state index is 13.3. The van der Waals surface area contributed by atoms with Crippen molar-refractivity contribution < 1.29 is 9.18 Å². The number of hydrogen-bond acceptors (Lipinski definition) is 4. The zero-order valence-electron chi connectivity index (χ0n) is 14.5. The number of thioether (sulfide) groups is 1. The molecule has 7 heteroatoms. The van der Waals surface area contributed by atoms with Crippen molar-refractivity contribution in [1.82, 2.24) is 15.1 Å². The van der Waals surface area contributed by atoms with Gasteiger partial charge in [0.2, 0.25) is 0 Å². The fourth-order valence-electron chi connectivity index (χ4n) is 3.65. The van der Waals surface area contributed by atoms with Crippen molar-refractivity contribution in [3.63, 3.8) is 0 Å². The number of nitrogens with one attached hydrogen (secondary N) is 1. The summed E-state index contributed by atoms with van der Waals surface area (Å²) in [6, 6.07) is 4.51. The molecule has 3 aliphatic rings. The van der Waals surface area contributed by atoms with Gasteiger partial charge in [0.15, 0.2) is 5.50 Å². The highest BCUT2D eigenvalue weighted by molar-refractivity contribution is 8.02. The summed E-state index contributed by atoms with van der Waals surface area (Å²) in [4.78, 5) is 17.3. The Bertz CT molecular complexity index is 704. The molecule has 0 spiro atoms. The Kier molecular flexibility index (Phi) is 5.43. The summed E-state index contributed by atoms with van der Waals surface area (Å²) in [6.07, 6.45) is 7.10. The number of halogens is 2. The predicted molar refractivity (Wildman–Crippen MR) is 103 cm³/mol. The normalized spacial score (nSPS) is 24.2. The third-order valence-corrected chi connectivity index (χ3v) is 6.53. The van der Waals surface area contributed by atoms with Crippen molar-refractivity contribution in [1.29, 1.82) is 0 Å². The molecular formula is C19H23ClFN3OS. The van der Waals surface area contributed by atoms with Gasteiger partial charge in [-0.25, -0.2) is 4.39 Å². The van der Waals surface area contributed by atoms with Crippen molar-refractivity contribution in [3.8, 4) is 0 Å². The Morgan fingerprint density at radius 2 is 2.04 bits per heavy atom. The van der Waals surface area contributed by atoms with Gasteiger partial charge in [-0.3, -0.25) is 4.79 Å². The summed E-state index contributed by atoms with van der Waals surface area (Å²) in [5, 5.41) is 5.03. The van der Waals surface area contributed by atoms with Gasteiger partial charge >= 0.3 is 0 Å². The van der Waals surface area contributed by atoms with Crippen molar-refractivity contribution in [3.05, 3.63) is 46.2 Å². The molecule has 1 N–H and O–H groups in total. The summed E-state index contributed by atoms with van der Waals surface area (Å²) in [5.74, 6) is 0.187. The first-order chi connectivity index (χ1) is 12.6. The van der Waals surface area contributed by atoms with Crippen LogP contribution in [0.4, 0.5) is 4.39 Å². The Hall–Kier alpha value is -1.24. The molecule has 0 aromatic heterocycles. The summed E-state index contributed by atoms with van der Waals surface area (Å²) in [6.45, 7) is 3.51. The highest BCUT2D eigenvalue weighted by atomic mass is 35.5. The first-order valence-corrected chi connectivity index (χ1v) is 10.5. The average molecular weight is 396 g/mol. The van der Waals surface area contributed by atoms with Gasteiger partial charge in [-0.1, -0.05) is 23.4 Å². The topological polar surface area (TPSA) is 35.6 Å². The van der Waals surface area contributed by atoms with Gasteiger partial charge < -0.3 is 15.1 Å². The molecule has 1 atom stereocenters. The minimum Gasteiger partial charge on any atom is -0.345 e. The highest BCUT2D eigenvalue weighted by Gasteiger charge is 2.32. The summed E-state index contributed by atoms with van der Waals surface area (Å²) < 4.78 is 13.3. The second kappa shape index (κ2) is 7.79. The number of amides is 1. The third kappa shape index (κ3) is 4.18. The minimum absolute atomic E-state index is 0.0326. The van der Waals surface area contributed by atoms with Gasteiger partial charge in [-0.05, 0) is 55.2 Å². The zero-order chi connectivity index (χ0) is 18.1. The van der Waals surface area contributed by atoms with E-state index in [1.807, 2.05) is 5.41 Å². The molecule has 1 saturated heterocycles. The number of piperidine rings is 1. The molecule has 1 unspecified atom stereocenters. The van der Waals surface area contributed by atoms with Crippen molar-refractivity contribution in [2.75, 3.05) is 19.6 Å². The van der Waals surface area contributed by atoms with Crippen LogP contribution in [-0.4, -0.2) is 46.9 Å². The number of hydrogen-bond donors (Lipinski definition) is 1. The lowest BCUT2D eigenvalue weighted by Crippen LogP contribution is -2.50. The third-order valence-electron chi connectivity index (χ3n) is 5.34. The van der Waals surface area contributed by atoms with E-state index in [0.717, 1.165) is 31.8 Å². The summed E-state index contributed by atoms with van der Waals surface area (Å²) in [7, 11) is 0. The van der Waals surface area contributed by atoms with Crippen LogP contribution in [0, 0.1) is 11.7 Å². The van der Waals surface area contributed by atoms with Crippen LogP contribution in [0.3, 0.4) is 0 Å². The second-order valence-electron chi connectivity index (χ2n) is 7.30. The molecule has 2 aliphatic heterocycles. The molecule has 2 heterocycles. The number of likely N-dealkylation sites (tertiary alicyclic amines) is 1. The largest absolute Gasteiger partial charge is 0.345 e. The molecule has 4 rings (SSSR count). The van der Waals surface area contributed by atoms with Crippen molar-refractivity contribution in [2.24, 2.45) is 5.92 Å². The number of nitrogens with zero attached hydrogens (tertiary/aromatic N) is 2. The standard InChI is InChI=1S/C19H23ClFN3OS/c20-16-11-14(3-4-17(16)21)18(25)22-19-24(9-10-26-19)15-5-7-23(8-6-15)12-13-1-2-13/h3-4,9-11,13,15,19H,1-2,5-8,12H2,(H,22,25). The molecule has 26 heavy (non-hydrogen) atoms. The highest BCUT2D eigenvalue weighted by Crippen LogP contribution is 2.33. The molecular weight excluding hydrogens is 373 g/mol. The van der Waals surface area contributed by atoms with Crippen LogP contribution in [0.5, 0.6) is 0 Å². The van der Waals surface area contributed by atoms with Crippen LogP contribution in [0.2, 0.25) is 5.02 Å². The summed E-state index contributed by atoms with van der Waals surface area (Å²) >= 11 is 7.38. The molecule has 140 valence electrons. The quantitative estimate of drug-likeness (QED) is 0.820. The maximum Gasteiger partial charge on any atom is 0.253 e. The van der Waals surface area contributed by atoms with E-state index in [2.05, 4.69) is 21.3 Å². The van der Waals surface area contributed by atoms with Gasteiger partial charge in [0.1, 0.15) is 5.82 Å². The molecule has 4 nitrogen and oxygen atoms in total. The second-order valence-corrected chi connectivity index (χ2v) is 8.70. The number of carbonyl (C=O) groups excluding carboxylic acids is 1. The van der Waals surface area contributed by atoms with E-state index in [-0.39, 0.29) is 16.4 Å². The monoisotopic (exact) mass is 395 g/mol. The van der Waals surface area contributed by atoms with E-state index in [0.29, 0.717) is 11.6 Å². The first kappa shape index (κ1) is 18.1. The number of benzene rings is 1. The number of rotatable bonds is 5. The SMILES string of the molecule is O=C(NC1SC=CN1C1CCN(CC2CC2)CC1)c1ccc(F)c(Cl)c1. The van der Waals surface area contributed by atoms with Crippen LogP contribution in [-0.2, 0) is 0 Å². The van der Waals surface area contributed by atoms with Crippen molar-refractivity contribution in [2.45, 2.75) is 37.2 Å². The van der Waals surface area contributed by atoms with Crippen LogP contribution in [0.1, 0.15) is 36.0 Å². The van der Waals surface area contributed by atoms with Gasteiger partial charge in [0.25, 0.3) is 5.91 Å². The lowest BCUT2D eigenvalue weighted by molar-refractivity contribution is 0.0875. The number of carbonyl (C=O) groups is 1. The van der Waals surface area contributed by atoms with E-state index >= 15 is 0 Å². The predicted octanol–water partition coefficient (Wildman–Crippen LogP) is 3.89. The minimum atomic E-state index is -0.514. The average Bonchev–Trinajstić information content (AvgIpc) is 3.34. The van der Waals surface area contributed by atoms with Crippen LogP contribution in [0.25, 0.3) is 0 Å². The van der Waals surface area contributed by atoms with Crippen LogP contribution >= 0.6 is 23.4 Å². The van der Waals surface area contributed by atoms with E-state index < -0.39 is 5.82 Å². The Labute approximate surface area is 162 Å². The molecule has 1 aliphatic carbocycles. The van der Waals surface area contributed by atoms with E-state index in [9.17, 15) is 9.18 Å². The Morgan fingerprint density at radius 1 is 1.27 bits per heavy atom. The molecule has 1 amide bonds. The molecule has 0 bridgehead atoms. The molecule has 0 radical (unpaired) electrons. The van der Waals surface area contributed by atoms with E-state index in [4.69, 9.17) is 11.6 Å². The first-order valence-electron chi connectivity index (χ1n) is 9.18. The van der Waals surface area contributed by atoms with Crippen molar-refractivity contribution >= 4 is 29.3 Å². The fraction of sp³-hybridized carbons (Fsp3) is 0.526. The Balaban J connectivity index is 1.33. The fourth-order valence-corrected chi connectivity index (χ4v) is 4.75. The van der Waals surface area contributed by atoms with Gasteiger partial charge in [-0.2, -0.15) is 0 Å². The maximum absolute atomic E-state index is 13.3.